The highest BCUT2D eigenvalue weighted by Crippen LogP contribution is 2.37. The monoisotopic (exact) mass is 779 g/mol. The second kappa shape index (κ2) is 16.2. The summed E-state index contributed by atoms with van der Waals surface area (Å²) >= 11 is 11.1. The molecule has 1 aromatic heterocycles. The lowest BCUT2D eigenvalue weighted by atomic mass is 9.95. The van der Waals surface area contributed by atoms with E-state index in [4.69, 9.17) is 30.5 Å². The van der Waals surface area contributed by atoms with Gasteiger partial charge >= 0.3 is 11.9 Å². The van der Waals surface area contributed by atoms with Gasteiger partial charge in [-0.25, -0.2) is 14.6 Å². The minimum atomic E-state index is -0.939. The van der Waals surface area contributed by atoms with Gasteiger partial charge in [0.25, 0.3) is 5.56 Å². The fraction of sp³-hybridized carbons (Fsp3) is 0.250. The van der Waals surface area contributed by atoms with Crippen LogP contribution in [0.4, 0.5) is 0 Å². The van der Waals surface area contributed by atoms with Crippen LogP contribution in [0.5, 0.6) is 17.2 Å². The number of fused-ring (bicyclic) bond motifs is 1. The van der Waals surface area contributed by atoms with Crippen LogP contribution in [-0.4, -0.2) is 43.4 Å². The van der Waals surface area contributed by atoms with Crippen LogP contribution in [0.3, 0.4) is 0 Å². The first-order valence-electron chi connectivity index (χ1n) is 15.4. The molecule has 0 N–H and O–H groups in total. The first kappa shape index (κ1) is 36.4. The molecule has 1 aliphatic rings. The highest BCUT2D eigenvalue weighted by molar-refractivity contribution is 9.10. The molecule has 11 nitrogen and oxygen atoms in total. The maximum atomic E-state index is 14.3. The van der Waals surface area contributed by atoms with Gasteiger partial charge in [-0.05, 0) is 78.7 Å². The molecule has 0 fully saturated rings. The molecule has 14 heteroatoms. The topological polar surface area (TPSA) is 138 Å². The van der Waals surface area contributed by atoms with E-state index in [-0.39, 0.29) is 37.8 Å². The molecule has 0 saturated carbocycles. The number of benzene rings is 3. The molecule has 50 heavy (non-hydrogen) atoms. The minimum absolute atomic E-state index is 0.0929. The number of methoxy groups -OCH3 is 1. The van der Waals surface area contributed by atoms with Crippen LogP contribution in [-0.2, 0) is 25.7 Å². The number of carbonyl (C=O) groups is 2. The van der Waals surface area contributed by atoms with E-state index < -0.39 is 23.5 Å². The summed E-state index contributed by atoms with van der Waals surface area (Å²) in [6, 6.07) is 16.6. The molecule has 4 aromatic rings. The molecule has 258 valence electrons. The van der Waals surface area contributed by atoms with Crippen molar-refractivity contribution in [1.82, 2.24) is 4.57 Å². The molecule has 1 atom stereocenters. The summed E-state index contributed by atoms with van der Waals surface area (Å²) in [5, 5.41) is 9.94. The van der Waals surface area contributed by atoms with E-state index in [9.17, 15) is 19.6 Å². The average Bonchev–Trinajstić information content (AvgIpc) is 3.40. The Morgan fingerprint density at radius 2 is 1.86 bits per heavy atom. The average molecular weight is 781 g/mol. The van der Waals surface area contributed by atoms with E-state index in [0.717, 1.165) is 11.3 Å². The van der Waals surface area contributed by atoms with Crippen LogP contribution in [0.1, 0.15) is 49.1 Å². The Hall–Kier alpha value is -4.90. The molecule has 5 rings (SSSR count). The molecule has 0 unspecified atom stereocenters. The Balaban J connectivity index is 1.65. The lowest BCUT2D eigenvalue weighted by Gasteiger charge is -2.25. The van der Waals surface area contributed by atoms with Gasteiger partial charge in [0, 0.05) is 16.1 Å². The van der Waals surface area contributed by atoms with Gasteiger partial charge in [0.1, 0.15) is 12.4 Å². The van der Waals surface area contributed by atoms with Gasteiger partial charge in [-0.1, -0.05) is 47.2 Å². The number of ether oxygens (including phenoxy) is 5. The zero-order chi connectivity index (χ0) is 35.9. The molecule has 0 bridgehead atoms. The van der Waals surface area contributed by atoms with Crippen molar-refractivity contribution in [3.05, 3.63) is 117 Å². The maximum Gasteiger partial charge on any atom is 0.343 e. The van der Waals surface area contributed by atoms with Crippen LogP contribution >= 0.6 is 38.9 Å². The summed E-state index contributed by atoms with van der Waals surface area (Å²) in [6.45, 7) is 5.32. The zero-order valence-corrected chi connectivity index (χ0v) is 30.6. The van der Waals surface area contributed by atoms with Gasteiger partial charge in [0.2, 0.25) is 0 Å². The van der Waals surface area contributed by atoms with Crippen molar-refractivity contribution in [2.45, 2.75) is 33.4 Å². The van der Waals surface area contributed by atoms with Gasteiger partial charge in [0.05, 0.1) is 58.3 Å². The number of nitriles is 1. The molecule has 0 spiro atoms. The van der Waals surface area contributed by atoms with Gasteiger partial charge < -0.3 is 23.7 Å². The summed E-state index contributed by atoms with van der Waals surface area (Å²) in [7, 11) is 1.26. The first-order chi connectivity index (χ1) is 24.1. The van der Waals surface area contributed by atoms with Crippen molar-refractivity contribution in [3.63, 3.8) is 0 Å². The van der Waals surface area contributed by atoms with Gasteiger partial charge in [-0.3, -0.25) is 9.36 Å². The highest BCUT2D eigenvalue weighted by Gasteiger charge is 2.34. The number of esters is 2. The van der Waals surface area contributed by atoms with E-state index in [1.54, 1.807) is 75.4 Å². The van der Waals surface area contributed by atoms with Crippen LogP contribution in [0.2, 0.25) is 5.02 Å². The number of hydrogen-bond donors (Lipinski definition) is 0. The normalized spacial score (nSPS) is 13.9. The summed E-state index contributed by atoms with van der Waals surface area (Å²) in [5.74, 6) is -0.194. The van der Waals surface area contributed by atoms with E-state index in [2.05, 4.69) is 31.7 Å². The molecule has 0 saturated heterocycles. The van der Waals surface area contributed by atoms with Gasteiger partial charge in [-0.2, -0.15) is 5.26 Å². The second-order valence-corrected chi connectivity index (χ2v) is 13.0. The maximum absolute atomic E-state index is 14.3. The molecule has 3 aromatic carbocycles. The number of nitrogens with zero attached hydrogens (tertiary/aromatic N) is 3. The second-order valence-electron chi connectivity index (χ2n) is 10.7. The largest absolute Gasteiger partial charge is 0.490 e. The first-order valence-corrected chi connectivity index (χ1v) is 17.3. The lowest BCUT2D eigenvalue weighted by molar-refractivity contribution is -0.143. The lowest BCUT2D eigenvalue weighted by Crippen LogP contribution is -2.40. The third-order valence-electron chi connectivity index (χ3n) is 7.51. The third-order valence-corrected chi connectivity index (χ3v) is 9.30. The zero-order valence-electron chi connectivity index (χ0n) is 27.5. The smallest absolute Gasteiger partial charge is 0.343 e. The van der Waals surface area contributed by atoms with Crippen LogP contribution in [0, 0.1) is 11.3 Å². The Labute approximate surface area is 304 Å². The fourth-order valence-electron chi connectivity index (χ4n) is 5.27. The van der Waals surface area contributed by atoms with E-state index in [1.807, 2.05) is 6.07 Å². The van der Waals surface area contributed by atoms with Crippen molar-refractivity contribution in [2.75, 3.05) is 26.9 Å². The Bertz CT molecular complexity index is 2220. The van der Waals surface area contributed by atoms with Crippen molar-refractivity contribution in [3.8, 4) is 23.3 Å². The Kier molecular flexibility index (Phi) is 11.8. The van der Waals surface area contributed by atoms with Crippen LogP contribution in [0.25, 0.3) is 6.08 Å². The molecular weight excluding hydrogens is 750 g/mol. The van der Waals surface area contributed by atoms with Crippen molar-refractivity contribution in [1.29, 1.82) is 5.26 Å². The van der Waals surface area contributed by atoms with Crippen molar-refractivity contribution < 1.29 is 33.3 Å². The molecule has 2 heterocycles. The van der Waals surface area contributed by atoms with Crippen molar-refractivity contribution >= 4 is 56.9 Å². The minimum Gasteiger partial charge on any atom is -0.490 e. The molecular formula is C36H31BrClN3O8S. The number of hydrogen-bond acceptors (Lipinski definition) is 11. The number of carbonyl (C=O) groups excluding carboxylic acids is 2. The molecule has 0 aliphatic carbocycles. The number of rotatable bonds is 12. The fourth-order valence-corrected chi connectivity index (χ4v) is 7.26. The quantitative estimate of drug-likeness (QED) is 0.168. The van der Waals surface area contributed by atoms with E-state index >= 15 is 0 Å². The number of thiazole rings is 1. The molecule has 0 radical (unpaired) electrons. The third kappa shape index (κ3) is 7.78. The Morgan fingerprint density at radius 3 is 2.58 bits per heavy atom. The van der Waals surface area contributed by atoms with Crippen molar-refractivity contribution in [2.24, 2.45) is 4.99 Å². The summed E-state index contributed by atoms with van der Waals surface area (Å²) in [6.07, 6.45) is 1.65. The standard InChI is InChI=1S/C36H31BrClN3O8S/c1-5-46-28-14-21(11-12-27(28)48-19-30(42)45-4)32-31(35(44)47-6-2)20(3)40-36-41(32)34(43)29(50-36)15-24-13-25(38)16-26(37)33(24)49-18-23-10-8-7-9-22(23)17-39/h7-16,32H,5-6,18-19H2,1-4H3/b29-15+/t32-/m0/s1. The summed E-state index contributed by atoms with van der Waals surface area (Å²) in [5.41, 5.74) is 2.35. The summed E-state index contributed by atoms with van der Waals surface area (Å²) in [4.78, 5) is 44.5. The predicted octanol–water partition coefficient (Wildman–Crippen LogP) is 5.62. The van der Waals surface area contributed by atoms with E-state index in [1.165, 1.54) is 11.7 Å². The van der Waals surface area contributed by atoms with Crippen LogP contribution < -0.4 is 29.1 Å². The summed E-state index contributed by atoms with van der Waals surface area (Å²) < 4.78 is 30.1. The van der Waals surface area contributed by atoms with Gasteiger partial charge in [-0.15, -0.1) is 0 Å². The Morgan fingerprint density at radius 1 is 1.08 bits per heavy atom. The number of halogens is 2. The molecule has 0 amide bonds. The van der Waals surface area contributed by atoms with Gasteiger partial charge in [0.15, 0.2) is 22.9 Å². The SMILES string of the molecule is CCOC(=O)C1=C(C)N=c2s/c(=C/c3cc(Cl)cc(Br)c3OCc3ccccc3C#N)c(=O)n2[C@H]1c1ccc(OCC(=O)OC)c(OCC)c1. The van der Waals surface area contributed by atoms with E-state index in [0.29, 0.717) is 58.3 Å². The predicted molar refractivity (Wildman–Crippen MR) is 190 cm³/mol. The number of aromatic nitrogens is 1. The molecule has 1 aliphatic heterocycles. The van der Waals surface area contributed by atoms with Crippen LogP contribution in [0.15, 0.2) is 80.1 Å². The number of allylic oxidation sites excluding steroid dienone is 1. The highest BCUT2D eigenvalue weighted by atomic mass is 79.9.